The van der Waals surface area contributed by atoms with Crippen LogP contribution in [0.3, 0.4) is 0 Å². The highest BCUT2D eigenvalue weighted by atomic mass is 32.2. The fourth-order valence-corrected chi connectivity index (χ4v) is 4.29. The molecule has 2 aliphatic rings. The summed E-state index contributed by atoms with van der Waals surface area (Å²) in [5, 5.41) is 3.30. The zero-order chi connectivity index (χ0) is 20.6. The van der Waals surface area contributed by atoms with Crippen LogP contribution in [0.1, 0.15) is 33.1 Å². The van der Waals surface area contributed by atoms with Crippen molar-refractivity contribution in [3.63, 3.8) is 0 Å². The summed E-state index contributed by atoms with van der Waals surface area (Å²) in [7, 11) is -1.37. The van der Waals surface area contributed by atoms with Crippen LogP contribution in [0.25, 0.3) is 0 Å². The van der Waals surface area contributed by atoms with Crippen LogP contribution in [0.5, 0.6) is 0 Å². The largest absolute Gasteiger partial charge is 0.356 e. The SMILES string of the molecule is CCS(=O)(=O)NCCCNC(=NC)N1CCN(C(C)C(=O)N2CCCC2)CC1. The summed E-state index contributed by atoms with van der Waals surface area (Å²) in [4.78, 5) is 23.4. The molecule has 2 heterocycles. The highest BCUT2D eigenvalue weighted by molar-refractivity contribution is 7.89. The molecule has 1 unspecified atom stereocenters. The van der Waals surface area contributed by atoms with Crippen molar-refractivity contribution in [1.82, 2.24) is 24.7 Å². The number of nitrogens with zero attached hydrogens (tertiary/aromatic N) is 4. The van der Waals surface area contributed by atoms with Crippen LogP contribution >= 0.6 is 0 Å². The second kappa shape index (κ2) is 11.0. The lowest BCUT2D eigenvalue weighted by molar-refractivity contribution is -0.135. The number of nitrogens with one attached hydrogen (secondary N) is 2. The van der Waals surface area contributed by atoms with Crippen LogP contribution in [0, 0.1) is 0 Å². The number of piperazine rings is 1. The Morgan fingerprint density at radius 3 is 2.25 bits per heavy atom. The Morgan fingerprint density at radius 2 is 1.68 bits per heavy atom. The average Bonchev–Trinajstić information content (AvgIpc) is 3.24. The quantitative estimate of drug-likeness (QED) is 0.315. The molecular weight excluding hydrogens is 380 g/mol. The molecule has 0 spiro atoms. The van der Waals surface area contributed by atoms with Gasteiger partial charge in [0, 0.05) is 59.4 Å². The minimum Gasteiger partial charge on any atom is -0.356 e. The Morgan fingerprint density at radius 1 is 1.04 bits per heavy atom. The Kier molecular flexibility index (Phi) is 8.97. The van der Waals surface area contributed by atoms with Gasteiger partial charge in [-0.25, -0.2) is 13.1 Å². The van der Waals surface area contributed by atoms with Gasteiger partial charge in [-0.05, 0) is 33.1 Å². The van der Waals surface area contributed by atoms with Crippen molar-refractivity contribution < 1.29 is 13.2 Å². The van der Waals surface area contributed by atoms with Crippen molar-refractivity contribution in [3.8, 4) is 0 Å². The zero-order valence-corrected chi connectivity index (χ0v) is 18.3. The van der Waals surface area contributed by atoms with E-state index in [0.29, 0.717) is 19.5 Å². The summed E-state index contributed by atoms with van der Waals surface area (Å²) >= 11 is 0. The topological polar surface area (TPSA) is 97.3 Å². The molecule has 10 heteroatoms. The van der Waals surface area contributed by atoms with Gasteiger partial charge >= 0.3 is 0 Å². The molecule has 0 aromatic heterocycles. The lowest BCUT2D eigenvalue weighted by Gasteiger charge is -2.39. The van der Waals surface area contributed by atoms with E-state index in [1.807, 2.05) is 11.8 Å². The number of hydrogen-bond acceptors (Lipinski definition) is 5. The Balaban J connectivity index is 1.70. The molecule has 0 saturated carbocycles. The smallest absolute Gasteiger partial charge is 0.239 e. The third-order valence-corrected chi connectivity index (χ3v) is 6.89. The lowest BCUT2D eigenvalue weighted by atomic mass is 10.2. The predicted octanol–water partition coefficient (Wildman–Crippen LogP) is -0.480. The number of sulfonamides is 1. The molecular formula is C18H36N6O3S. The van der Waals surface area contributed by atoms with Gasteiger partial charge in [-0.1, -0.05) is 0 Å². The molecule has 0 aromatic rings. The highest BCUT2D eigenvalue weighted by Crippen LogP contribution is 2.14. The number of likely N-dealkylation sites (tertiary alicyclic amines) is 1. The molecule has 2 N–H and O–H groups in total. The first-order chi connectivity index (χ1) is 13.4. The molecule has 0 bridgehead atoms. The number of carbonyl (C=O) groups excluding carboxylic acids is 1. The van der Waals surface area contributed by atoms with Crippen molar-refractivity contribution in [1.29, 1.82) is 0 Å². The van der Waals surface area contributed by atoms with E-state index in [2.05, 4.69) is 24.8 Å². The molecule has 9 nitrogen and oxygen atoms in total. The van der Waals surface area contributed by atoms with Crippen LogP contribution < -0.4 is 10.0 Å². The van der Waals surface area contributed by atoms with Gasteiger partial charge in [-0.2, -0.15) is 0 Å². The Hall–Kier alpha value is -1.39. The Labute approximate surface area is 169 Å². The fourth-order valence-electron chi connectivity index (χ4n) is 3.63. The van der Waals surface area contributed by atoms with Crippen LogP contribution in [-0.4, -0.2) is 106 Å². The molecule has 0 aliphatic carbocycles. The first-order valence-electron chi connectivity index (χ1n) is 10.3. The van der Waals surface area contributed by atoms with E-state index in [-0.39, 0.29) is 17.7 Å². The summed E-state index contributed by atoms with van der Waals surface area (Å²) in [6.45, 7) is 9.81. The standard InChI is InChI=1S/C18H36N6O3S/c1-4-28(26,27)21-9-7-8-20-18(19-3)24-14-12-22(13-15-24)16(2)17(25)23-10-5-6-11-23/h16,21H,4-15H2,1-3H3,(H,19,20). The van der Waals surface area contributed by atoms with Gasteiger partial charge in [0.05, 0.1) is 11.8 Å². The molecule has 0 aromatic carbocycles. The van der Waals surface area contributed by atoms with E-state index in [9.17, 15) is 13.2 Å². The summed E-state index contributed by atoms with van der Waals surface area (Å²) in [6, 6.07) is -0.0678. The average molecular weight is 417 g/mol. The van der Waals surface area contributed by atoms with Crippen molar-refractivity contribution in [3.05, 3.63) is 0 Å². The third kappa shape index (κ3) is 6.59. The van der Waals surface area contributed by atoms with E-state index < -0.39 is 10.0 Å². The molecule has 0 radical (unpaired) electrons. The lowest BCUT2D eigenvalue weighted by Crippen LogP contribution is -2.57. The molecule has 2 saturated heterocycles. The fraction of sp³-hybridized carbons (Fsp3) is 0.889. The first-order valence-corrected chi connectivity index (χ1v) is 12.0. The monoisotopic (exact) mass is 416 g/mol. The zero-order valence-electron chi connectivity index (χ0n) is 17.5. The van der Waals surface area contributed by atoms with E-state index >= 15 is 0 Å². The van der Waals surface area contributed by atoms with Gasteiger partial charge in [-0.15, -0.1) is 0 Å². The maximum Gasteiger partial charge on any atom is 0.239 e. The van der Waals surface area contributed by atoms with Crippen LogP contribution in [0.4, 0.5) is 0 Å². The van der Waals surface area contributed by atoms with Crippen molar-refractivity contribution in [2.24, 2.45) is 4.99 Å². The van der Waals surface area contributed by atoms with Crippen LogP contribution in [0.2, 0.25) is 0 Å². The highest BCUT2D eigenvalue weighted by Gasteiger charge is 2.30. The minimum absolute atomic E-state index is 0.0678. The molecule has 2 aliphatic heterocycles. The maximum absolute atomic E-state index is 12.6. The molecule has 28 heavy (non-hydrogen) atoms. The number of hydrogen-bond donors (Lipinski definition) is 2. The molecule has 1 atom stereocenters. The van der Waals surface area contributed by atoms with Crippen molar-refractivity contribution in [2.45, 2.75) is 39.2 Å². The summed E-state index contributed by atoms with van der Waals surface area (Å²) < 4.78 is 25.4. The molecule has 2 fully saturated rings. The van der Waals surface area contributed by atoms with E-state index in [4.69, 9.17) is 0 Å². The molecule has 2 rings (SSSR count). The maximum atomic E-state index is 12.6. The predicted molar refractivity (Wildman–Crippen MR) is 112 cm³/mol. The number of carbonyl (C=O) groups is 1. The summed E-state index contributed by atoms with van der Waals surface area (Å²) in [6.07, 6.45) is 2.93. The van der Waals surface area contributed by atoms with Crippen molar-refractivity contribution >= 4 is 21.9 Å². The number of aliphatic imine (C=N–C) groups is 1. The Bertz CT molecular complexity index is 625. The van der Waals surface area contributed by atoms with Gasteiger partial charge in [0.2, 0.25) is 15.9 Å². The van der Waals surface area contributed by atoms with Crippen molar-refractivity contribution in [2.75, 3.05) is 65.2 Å². The third-order valence-electron chi connectivity index (χ3n) is 5.49. The number of guanidine groups is 1. The van der Waals surface area contributed by atoms with Gasteiger partial charge in [0.25, 0.3) is 0 Å². The summed E-state index contributed by atoms with van der Waals surface area (Å²) in [5.41, 5.74) is 0. The van der Waals surface area contributed by atoms with Gasteiger partial charge < -0.3 is 15.1 Å². The second-order valence-corrected chi connectivity index (χ2v) is 9.45. The molecule has 162 valence electrons. The molecule has 1 amide bonds. The minimum atomic E-state index is -3.13. The summed E-state index contributed by atoms with van der Waals surface area (Å²) in [5.74, 6) is 1.19. The number of amides is 1. The van der Waals surface area contributed by atoms with Crippen LogP contribution in [-0.2, 0) is 14.8 Å². The van der Waals surface area contributed by atoms with Gasteiger partial charge in [0.15, 0.2) is 5.96 Å². The van der Waals surface area contributed by atoms with E-state index in [1.54, 1.807) is 14.0 Å². The first kappa shape index (κ1) is 22.9. The van der Waals surface area contributed by atoms with E-state index in [0.717, 1.165) is 58.1 Å². The van der Waals surface area contributed by atoms with E-state index in [1.165, 1.54) is 0 Å². The second-order valence-electron chi connectivity index (χ2n) is 7.36. The van der Waals surface area contributed by atoms with Crippen LogP contribution in [0.15, 0.2) is 4.99 Å². The number of rotatable bonds is 8. The normalized spacial score (nSPS) is 20.5. The van der Waals surface area contributed by atoms with Gasteiger partial charge in [0.1, 0.15) is 0 Å². The van der Waals surface area contributed by atoms with Gasteiger partial charge in [-0.3, -0.25) is 14.7 Å².